The topological polar surface area (TPSA) is 74.6 Å². The molecule has 1 aromatic rings. The highest BCUT2D eigenvalue weighted by atomic mass is 16.4. The molecule has 0 amide bonds. The van der Waals surface area contributed by atoms with Gasteiger partial charge in [0.15, 0.2) is 5.92 Å². The summed E-state index contributed by atoms with van der Waals surface area (Å²) < 4.78 is 0. The first kappa shape index (κ1) is 12.2. The Morgan fingerprint density at radius 2 is 1.50 bits per heavy atom. The fourth-order valence-electron chi connectivity index (χ4n) is 1.76. The Morgan fingerprint density at radius 1 is 1.06 bits per heavy atom. The molecule has 2 N–H and O–H groups in total. The molecule has 86 valence electrons. The molecule has 0 aromatic heterocycles. The zero-order chi connectivity index (χ0) is 12.3. The van der Waals surface area contributed by atoms with Gasteiger partial charge in [-0.1, -0.05) is 44.2 Å². The van der Waals surface area contributed by atoms with E-state index in [1.54, 1.807) is 44.2 Å². The molecule has 0 saturated carbocycles. The molecule has 0 aliphatic heterocycles. The van der Waals surface area contributed by atoms with E-state index < -0.39 is 23.3 Å². The maximum atomic E-state index is 11.0. The number of carboxylic acids is 2. The van der Waals surface area contributed by atoms with Crippen molar-refractivity contribution in [2.75, 3.05) is 0 Å². The molecule has 1 rings (SSSR count). The van der Waals surface area contributed by atoms with Crippen LogP contribution >= 0.6 is 0 Å². The Bertz CT molecular complexity index is 381. The SMILES string of the molecule is CC(C)(c1ccccc1)C(C(=O)O)C(=O)O. The summed E-state index contributed by atoms with van der Waals surface area (Å²) in [5, 5.41) is 17.9. The smallest absolute Gasteiger partial charge is 0.318 e. The van der Waals surface area contributed by atoms with Crippen LogP contribution in [0.2, 0.25) is 0 Å². The lowest BCUT2D eigenvalue weighted by atomic mass is 9.73. The van der Waals surface area contributed by atoms with Gasteiger partial charge < -0.3 is 10.2 Å². The first-order valence-corrected chi connectivity index (χ1v) is 4.88. The van der Waals surface area contributed by atoms with Crippen LogP contribution in [0.15, 0.2) is 30.3 Å². The average Bonchev–Trinajstić information content (AvgIpc) is 2.17. The average molecular weight is 222 g/mol. The summed E-state index contributed by atoms with van der Waals surface area (Å²) in [6, 6.07) is 8.80. The Balaban J connectivity index is 3.18. The standard InChI is InChI=1S/C12H14O4/c1-12(2,8-6-4-3-5-7-8)9(10(13)14)11(15)16/h3-7,9H,1-2H3,(H,13,14)(H,15,16). The van der Waals surface area contributed by atoms with Crippen LogP contribution in [-0.4, -0.2) is 22.2 Å². The van der Waals surface area contributed by atoms with E-state index in [1.165, 1.54) is 0 Å². The lowest BCUT2D eigenvalue weighted by Gasteiger charge is -2.29. The summed E-state index contributed by atoms with van der Waals surface area (Å²) >= 11 is 0. The molecule has 0 saturated heterocycles. The van der Waals surface area contributed by atoms with Crippen LogP contribution in [0.3, 0.4) is 0 Å². The highest BCUT2D eigenvalue weighted by molar-refractivity contribution is 5.94. The molecule has 0 spiro atoms. The largest absolute Gasteiger partial charge is 0.481 e. The first-order valence-electron chi connectivity index (χ1n) is 4.88. The molecule has 1 aromatic carbocycles. The Labute approximate surface area is 93.5 Å². The number of carbonyl (C=O) groups is 2. The van der Waals surface area contributed by atoms with Crippen LogP contribution < -0.4 is 0 Å². The minimum Gasteiger partial charge on any atom is -0.481 e. The van der Waals surface area contributed by atoms with Gasteiger partial charge in [0.05, 0.1) is 0 Å². The van der Waals surface area contributed by atoms with Crippen LogP contribution in [0.5, 0.6) is 0 Å². The quantitative estimate of drug-likeness (QED) is 0.761. The van der Waals surface area contributed by atoms with E-state index in [4.69, 9.17) is 10.2 Å². The van der Waals surface area contributed by atoms with Crippen molar-refractivity contribution in [2.45, 2.75) is 19.3 Å². The lowest BCUT2D eigenvalue weighted by Crippen LogP contribution is -2.40. The molecule has 0 fully saturated rings. The Morgan fingerprint density at radius 3 is 1.88 bits per heavy atom. The summed E-state index contributed by atoms with van der Waals surface area (Å²) in [6.45, 7) is 3.24. The van der Waals surface area contributed by atoms with Gasteiger partial charge in [-0.3, -0.25) is 9.59 Å². The van der Waals surface area contributed by atoms with Gasteiger partial charge in [0.2, 0.25) is 0 Å². The summed E-state index contributed by atoms with van der Waals surface area (Å²) in [7, 11) is 0. The van der Waals surface area contributed by atoms with Gasteiger partial charge in [-0.2, -0.15) is 0 Å². The second kappa shape index (κ2) is 4.35. The summed E-state index contributed by atoms with van der Waals surface area (Å²) in [6.07, 6.45) is 0. The van der Waals surface area contributed by atoms with Crippen LogP contribution in [0.4, 0.5) is 0 Å². The molecular weight excluding hydrogens is 208 g/mol. The first-order chi connectivity index (χ1) is 7.37. The third kappa shape index (κ3) is 2.21. The van der Waals surface area contributed by atoms with Gasteiger partial charge in [-0.05, 0) is 5.56 Å². The van der Waals surface area contributed by atoms with Crippen LogP contribution in [0, 0.1) is 5.92 Å². The monoisotopic (exact) mass is 222 g/mol. The molecule has 16 heavy (non-hydrogen) atoms. The molecule has 0 unspecified atom stereocenters. The van der Waals surface area contributed by atoms with Crippen molar-refractivity contribution in [2.24, 2.45) is 5.92 Å². The fraction of sp³-hybridized carbons (Fsp3) is 0.333. The van der Waals surface area contributed by atoms with E-state index in [2.05, 4.69) is 0 Å². The normalized spacial score (nSPS) is 11.4. The van der Waals surface area contributed by atoms with Crippen molar-refractivity contribution >= 4 is 11.9 Å². The number of hydrogen-bond donors (Lipinski definition) is 2. The summed E-state index contributed by atoms with van der Waals surface area (Å²) in [5.41, 5.74) is -0.247. The van der Waals surface area contributed by atoms with E-state index in [-0.39, 0.29) is 0 Å². The number of benzene rings is 1. The molecule has 4 nitrogen and oxygen atoms in total. The number of hydrogen-bond acceptors (Lipinski definition) is 2. The molecule has 0 radical (unpaired) electrons. The second-order valence-corrected chi connectivity index (χ2v) is 4.20. The third-order valence-electron chi connectivity index (χ3n) is 2.73. The zero-order valence-electron chi connectivity index (χ0n) is 9.18. The minimum absolute atomic E-state index is 0.699. The Hall–Kier alpha value is -1.84. The fourth-order valence-corrected chi connectivity index (χ4v) is 1.76. The molecule has 0 aliphatic rings. The van der Waals surface area contributed by atoms with Crippen molar-refractivity contribution in [3.8, 4) is 0 Å². The van der Waals surface area contributed by atoms with Crippen LogP contribution in [0.25, 0.3) is 0 Å². The van der Waals surface area contributed by atoms with Gasteiger partial charge >= 0.3 is 11.9 Å². The van der Waals surface area contributed by atoms with Gasteiger partial charge in [0, 0.05) is 5.41 Å². The van der Waals surface area contributed by atoms with Gasteiger partial charge in [0.25, 0.3) is 0 Å². The van der Waals surface area contributed by atoms with Crippen molar-refractivity contribution in [3.63, 3.8) is 0 Å². The summed E-state index contributed by atoms with van der Waals surface area (Å²) in [4.78, 5) is 22.0. The van der Waals surface area contributed by atoms with E-state index >= 15 is 0 Å². The maximum Gasteiger partial charge on any atom is 0.318 e. The van der Waals surface area contributed by atoms with Crippen LogP contribution in [0.1, 0.15) is 19.4 Å². The molecule has 4 heteroatoms. The van der Waals surface area contributed by atoms with E-state index in [0.29, 0.717) is 5.56 Å². The number of aliphatic carboxylic acids is 2. The molecular formula is C12H14O4. The van der Waals surface area contributed by atoms with Gasteiger partial charge in [0.1, 0.15) is 0 Å². The van der Waals surface area contributed by atoms with E-state index in [1.807, 2.05) is 0 Å². The summed E-state index contributed by atoms with van der Waals surface area (Å²) in [5.74, 6) is -4.09. The van der Waals surface area contributed by atoms with Crippen LogP contribution in [-0.2, 0) is 15.0 Å². The minimum atomic E-state index is -1.45. The van der Waals surface area contributed by atoms with Crippen molar-refractivity contribution in [3.05, 3.63) is 35.9 Å². The predicted octanol–water partition coefficient (Wildman–Crippen LogP) is 1.75. The highest BCUT2D eigenvalue weighted by Gasteiger charge is 2.42. The molecule has 0 atom stereocenters. The van der Waals surface area contributed by atoms with Gasteiger partial charge in [-0.25, -0.2) is 0 Å². The lowest BCUT2D eigenvalue weighted by molar-refractivity contribution is -0.157. The Kier molecular flexibility index (Phi) is 3.32. The second-order valence-electron chi connectivity index (χ2n) is 4.20. The predicted molar refractivity (Wildman–Crippen MR) is 58.2 cm³/mol. The van der Waals surface area contributed by atoms with E-state index in [0.717, 1.165) is 0 Å². The van der Waals surface area contributed by atoms with Crippen molar-refractivity contribution in [1.82, 2.24) is 0 Å². The highest BCUT2D eigenvalue weighted by Crippen LogP contribution is 2.32. The van der Waals surface area contributed by atoms with Crippen molar-refractivity contribution in [1.29, 1.82) is 0 Å². The number of carboxylic acid groups (broad SMARTS) is 2. The third-order valence-corrected chi connectivity index (χ3v) is 2.73. The molecule has 0 bridgehead atoms. The molecule has 0 heterocycles. The molecule has 0 aliphatic carbocycles. The number of rotatable bonds is 4. The van der Waals surface area contributed by atoms with Crippen molar-refractivity contribution < 1.29 is 19.8 Å². The maximum absolute atomic E-state index is 11.0. The zero-order valence-corrected chi connectivity index (χ0v) is 9.18. The van der Waals surface area contributed by atoms with E-state index in [9.17, 15) is 9.59 Å². The van der Waals surface area contributed by atoms with Gasteiger partial charge in [-0.15, -0.1) is 0 Å².